The molecule has 0 unspecified atom stereocenters. The summed E-state index contributed by atoms with van der Waals surface area (Å²) in [5.41, 5.74) is 0.0684. The van der Waals surface area contributed by atoms with Crippen LogP contribution in [0.3, 0.4) is 0 Å². The molecule has 1 heterocycles. The number of piperidine rings is 1. The monoisotopic (exact) mass is 373 g/mol. The molecule has 10 heteroatoms. The van der Waals surface area contributed by atoms with Crippen LogP contribution in [0, 0.1) is 0 Å². The molecule has 25 heavy (non-hydrogen) atoms. The Morgan fingerprint density at radius 3 is 2.64 bits per heavy atom. The van der Waals surface area contributed by atoms with Gasteiger partial charge in [-0.3, -0.25) is 4.79 Å². The molecular weight excluding hydrogens is 350 g/mol. The number of β-amino-alcohol motifs (C(OH)–C–C–N with tert-alkyl or cyclic N) is 1. The van der Waals surface area contributed by atoms with Gasteiger partial charge in [-0.1, -0.05) is 6.07 Å². The number of aliphatic hydroxyl groups is 1. The third-order valence-corrected chi connectivity index (χ3v) is 5.66. The summed E-state index contributed by atoms with van der Waals surface area (Å²) in [5.74, 6) is -0.538. The zero-order valence-corrected chi connectivity index (χ0v) is 15.2. The lowest BCUT2D eigenvalue weighted by Gasteiger charge is -2.36. The van der Waals surface area contributed by atoms with Gasteiger partial charge in [0.05, 0.1) is 24.8 Å². The van der Waals surface area contributed by atoms with Crippen LogP contribution >= 0.6 is 0 Å². The molecule has 9 nitrogen and oxygen atoms in total. The first-order valence-corrected chi connectivity index (χ1v) is 9.14. The van der Waals surface area contributed by atoms with E-state index in [2.05, 4.69) is 4.72 Å². The number of ether oxygens (including phenoxy) is 1. The molecular formula is C15H23N3O6S. The number of phenols is 1. The molecule has 0 saturated carbocycles. The van der Waals surface area contributed by atoms with Crippen molar-refractivity contribution < 1.29 is 28.2 Å². The van der Waals surface area contributed by atoms with Crippen molar-refractivity contribution in [1.29, 1.82) is 0 Å². The lowest BCUT2D eigenvalue weighted by atomic mass is 10.0. The highest BCUT2D eigenvalue weighted by molar-refractivity contribution is 7.87. The van der Waals surface area contributed by atoms with E-state index in [0.29, 0.717) is 0 Å². The first kappa shape index (κ1) is 19.4. The quantitative estimate of drug-likeness (QED) is 0.632. The molecule has 2 rings (SSSR count). The van der Waals surface area contributed by atoms with Gasteiger partial charge < -0.3 is 19.8 Å². The number of carbonyl (C=O) groups excluding carboxylic acids is 1. The van der Waals surface area contributed by atoms with Gasteiger partial charge in [-0.15, -0.1) is 0 Å². The minimum Gasteiger partial charge on any atom is -0.504 e. The minimum atomic E-state index is -3.67. The van der Waals surface area contributed by atoms with E-state index in [1.807, 2.05) is 0 Å². The van der Waals surface area contributed by atoms with Gasteiger partial charge in [-0.2, -0.15) is 17.4 Å². The SMILES string of the molecule is COc1cccc(C(=O)N2CC[C@@H](NS(=O)(=O)N(C)C)[C@H](O)C2)c1O. The van der Waals surface area contributed by atoms with Gasteiger partial charge in [0.25, 0.3) is 16.1 Å². The third-order valence-electron chi connectivity index (χ3n) is 4.10. The van der Waals surface area contributed by atoms with Crippen LogP contribution in [0.25, 0.3) is 0 Å². The molecule has 1 fully saturated rings. The summed E-state index contributed by atoms with van der Waals surface area (Å²) < 4.78 is 32.2. The zero-order chi connectivity index (χ0) is 18.8. The van der Waals surface area contributed by atoms with Crippen molar-refractivity contribution >= 4 is 16.1 Å². The van der Waals surface area contributed by atoms with Crippen LogP contribution in [0.1, 0.15) is 16.8 Å². The van der Waals surface area contributed by atoms with E-state index in [0.717, 1.165) is 4.31 Å². The average molecular weight is 373 g/mol. The molecule has 2 atom stereocenters. The molecule has 0 spiro atoms. The minimum absolute atomic E-state index is 0.0455. The molecule has 0 radical (unpaired) electrons. The van der Waals surface area contributed by atoms with Gasteiger partial charge in [-0.25, -0.2) is 0 Å². The average Bonchev–Trinajstić information content (AvgIpc) is 2.56. The number of rotatable bonds is 5. The Bertz CT molecular complexity index is 737. The number of amides is 1. The summed E-state index contributed by atoms with van der Waals surface area (Å²) in [6, 6.07) is 3.90. The predicted molar refractivity (Wildman–Crippen MR) is 90.7 cm³/mol. The maximum Gasteiger partial charge on any atom is 0.279 e. The fourth-order valence-corrected chi connectivity index (χ4v) is 3.45. The van der Waals surface area contributed by atoms with Crippen molar-refractivity contribution in [3.63, 3.8) is 0 Å². The van der Waals surface area contributed by atoms with E-state index < -0.39 is 28.3 Å². The van der Waals surface area contributed by atoms with Crippen LogP contribution in [0.2, 0.25) is 0 Å². The van der Waals surface area contributed by atoms with Crippen LogP contribution < -0.4 is 9.46 Å². The van der Waals surface area contributed by atoms with Crippen molar-refractivity contribution in [3.8, 4) is 11.5 Å². The lowest BCUT2D eigenvalue weighted by molar-refractivity contribution is 0.0362. The van der Waals surface area contributed by atoms with Gasteiger partial charge >= 0.3 is 0 Å². The Kier molecular flexibility index (Phi) is 5.88. The summed E-state index contributed by atoms with van der Waals surface area (Å²) >= 11 is 0. The van der Waals surface area contributed by atoms with Gasteiger partial charge in [-0.05, 0) is 18.6 Å². The van der Waals surface area contributed by atoms with E-state index in [1.54, 1.807) is 6.07 Å². The molecule has 0 bridgehead atoms. The van der Waals surface area contributed by atoms with Gasteiger partial charge in [0.1, 0.15) is 0 Å². The maximum absolute atomic E-state index is 12.6. The normalized spacial score (nSPS) is 21.4. The highest BCUT2D eigenvalue weighted by Crippen LogP contribution is 2.30. The molecule has 0 aromatic heterocycles. The Morgan fingerprint density at radius 2 is 2.08 bits per heavy atom. The number of nitrogens with one attached hydrogen (secondary N) is 1. The van der Waals surface area contributed by atoms with Crippen molar-refractivity contribution in [1.82, 2.24) is 13.9 Å². The molecule has 1 saturated heterocycles. The zero-order valence-electron chi connectivity index (χ0n) is 14.3. The summed E-state index contributed by atoms with van der Waals surface area (Å²) in [6.45, 7) is 0.198. The van der Waals surface area contributed by atoms with E-state index >= 15 is 0 Å². The van der Waals surface area contributed by atoms with E-state index in [-0.39, 0.29) is 36.6 Å². The molecule has 0 aliphatic carbocycles. The number of likely N-dealkylation sites (tertiary alicyclic amines) is 1. The van der Waals surface area contributed by atoms with Gasteiger partial charge in [0.15, 0.2) is 11.5 Å². The van der Waals surface area contributed by atoms with E-state index in [4.69, 9.17) is 4.74 Å². The molecule has 3 N–H and O–H groups in total. The maximum atomic E-state index is 12.6. The summed E-state index contributed by atoms with van der Waals surface area (Å²) in [7, 11) is 0.487. The number of hydrogen-bond acceptors (Lipinski definition) is 6. The number of nitrogens with zero attached hydrogens (tertiary/aromatic N) is 2. The number of phenolic OH excluding ortho intramolecular Hbond substituents is 1. The smallest absolute Gasteiger partial charge is 0.279 e. The van der Waals surface area contributed by atoms with Gasteiger partial charge in [0.2, 0.25) is 0 Å². The lowest BCUT2D eigenvalue weighted by Crippen LogP contribution is -2.56. The van der Waals surface area contributed by atoms with Crippen LogP contribution in [-0.2, 0) is 10.2 Å². The number of benzene rings is 1. The van der Waals surface area contributed by atoms with Crippen molar-refractivity contribution in [2.45, 2.75) is 18.6 Å². The van der Waals surface area contributed by atoms with Crippen LogP contribution in [0.15, 0.2) is 18.2 Å². The highest BCUT2D eigenvalue weighted by atomic mass is 32.2. The van der Waals surface area contributed by atoms with Gasteiger partial charge in [0, 0.05) is 27.2 Å². The summed E-state index contributed by atoms with van der Waals surface area (Å²) in [6.07, 6.45) is -0.801. The number of para-hydroxylation sites is 1. The highest BCUT2D eigenvalue weighted by Gasteiger charge is 2.34. The Balaban J connectivity index is 2.09. The number of carbonyl (C=O) groups is 1. The first-order chi connectivity index (χ1) is 11.7. The predicted octanol–water partition coefficient (Wildman–Crippen LogP) is -0.628. The fraction of sp³-hybridized carbons (Fsp3) is 0.533. The second kappa shape index (κ2) is 7.56. The number of aromatic hydroxyl groups is 1. The number of hydrogen-bond donors (Lipinski definition) is 3. The Labute approximate surface area is 147 Å². The van der Waals surface area contributed by atoms with Crippen molar-refractivity contribution in [2.24, 2.45) is 0 Å². The largest absolute Gasteiger partial charge is 0.504 e. The number of aliphatic hydroxyl groups excluding tert-OH is 1. The fourth-order valence-electron chi connectivity index (χ4n) is 2.58. The Morgan fingerprint density at radius 1 is 1.40 bits per heavy atom. The van der Waals surface area contributed by atoms with Crippen LogP contribution in [0.4, 0.5) is 0 Å². The second-order valence-corrected chi connectivity index (χ2v) is 7.89. The molecule has 1 aliphatic heterocycles. The third kappa shape index (κ3) is 4.21. The molecule has 1 amide bonds. The number of methoxy groups -OCH3 is 1. The topological polar surface area (TPSA) is 119 Å². The van der Waals surface area contributed by atoms with Crippen molar-refractivity contribution in [3.05, 3.63) is 23.8 Å². The van der Waals surface area contributed by atoms with Crippen molar-refractivity contribution in [2.75, 3.05) is 34.3 Å². The molecule has 140 valence electrons. The molecule has 1 aliphatic rings. The van der Waals surface area contributed by atoms with Crippen LogP contribution in [-0.4, -0.2) is 80.2 Å². The summed E-state index contributed by atoms with van der Waals surface area (Å²) in [4.78, 5) is 14.0. The standard InChI is InChI=1S/C15H23N3O6S/c1-17(2)25(22,23)16-11-7-8-18(9-12(11)19)15(21)10-5-4-6-13(24-3)14(10)20/h4-6,11-12,16,19-20H,7-9H2,1-3H3/t11-,12-/m1/s1. The van der Waals surface area contributed by atoms with Crippen LogP contribution in [0.5, 0.6) is 11.5 Å². The van der Waals surface area contributed by atoms with E-state index in [1.165, 1.54) is 38.2 Å². The Hall–Kier alpha value is -1.88. The first-order valence-electron chi connectivity index (χ1n) is 7.70. The molecule has 1 aromatic rings. The molecule has 1 aromatic carbocycles. The summed E-state index contributed by atoms with van der Waals surface area (Å²) in [5, 5.41) is 20.3. The van der Waals surface area contributed by atoms with E-state index in [9.17, 15) is 23.4 Å². The second-order valence-electron chi connectivity index (χ2n) is 5.98.